The summed E-state index contributed by atoms with van der Waals surface area (Å²) in [5.41, 5.74) is 4.54. The number of hydrogen-bond donors (Lipinski definition) is 0. The molecule has 0 fully saturated rings. The molecule has 0 aromatic heterocycles. The first-order chi connectivity index (χ1) is 13.5. The van der Waals surface area contributed by atoms with E-state index in [1.165, 1.54) is 11.8 Å². The molecule has 0 N–H and O–H groups in total. The number of rotatable bonds is 4. The molecule has 142 valence electrons. The number of benzene rings is 3. The van der Waals surface area contributed by atoms with Gasteiger partial charge in [-0.2, -0.15) is 0 Å². The fourth-order valence-corrected chi connectivity index (χ4v) is 4.74. The molecule has 3 aromatic rings. The molecule has 0 saturated carbocycles. The average Bonchev–Trinajstić information content (AvgIpc) is 2.69. The van der Waals surface area contributed by atoms with Crippen LogP contribution in [0.15, 0.2) is 82.8 Å². The van der Waals surface area contributed by atoms with Crippen molar-refractivity contribution < 1.29 is 73.4 Å². The molecule has 0 atom stereocenters. The van der Waals surface area contributed by atoms with Crippen molar-refractivity contribution in [3.8, 4) is 0 Å². The molecule has 0 bridgehead atoms. The Morgan fingerprint density at radius 2 is 1.37 bits per heavy atom. The summed E-state index contributed by atoms with van der Waals surface area (Å²) >= 11 is 7.23. The number of nitrogens with zero attached hydrogens (tertiary/aromatic N) is 1. The van der Waals surface area contributed by atoms with Crippen LogP contribution in [0.2, 0.25) is 5.02 Å². The molecule has 30 heavy (non-hydrogen) atoms. The summed E-state index contributed by atoms with van der Waals surface area (Å²) in [5, 5.41) is 0.927. The van der Waals surface area contributed by atoms with Crippen molar-refractivity contribution in [1.29, 1.82) is 0 Å². The van der Waals surface area contributed by atoms with Gasteiger partial charge in [-0.05, 0) is 36.4 Å². The Morgan fingerprint density at radius 3 is 1.87 bits per heavy atom. The number of anilines is 2. The van der Waals surface area contributed by atoms with Gasteiger partial charge in [0.15, 0.2) is 5.09 Å². The Balaban J connectivity index is 0.00000160. The van der Waals surface area contributed by atoms with Gasteiger partial charge in [0.05, 0.1) is 0 Å². The molecule has 0 radical (unpaired) electrons. The minimum atomic E-state index is -3.08. The van der Waals surface area contributed by atoms with E-state index >= 15 is 0 Å². The van der Waals surface area contributed by atoms with Gasteiger partial charge in [-0.25, -0.2) is 0 Å². The quantitative estimate of drug-likeness (QED) is 0.208. The van der Waals surface area contributed by atoms with Crippen LogP contribution in [0.4, 0.5) is 11.4 Å². The molecule has 0 amide bonds. The molecule has 1 aliphatic heterocycles. The molecule has 4 nitrogen and oxygen atoms in total. The molecular weight excluding hydrogens is 459 g/mol. The SMILES string of the molecule is CN1c2ccccc2C(=C(OP([O-])[O-])Sc2ccc(Cl)cc2)c2ccccc21.[Na+].[Na+]. The van der Waals surface area contributed by atoms with E-state index in [2.05, 4.69) is 4.90 Å². The van der Waals surface area contributed by atoms with Crippen molar-refractivity contribution in [2.75, 3.05) is 11.9 Å². The summed E-state index contributed by atoms with van der Waals surface area (Å²) < 4.78 is 5.32. The van der Waals surface area contributed by atoms with Gasteiger partial charge in [0.2, 0.25) is 0 Å². The van der Waals surface area contributed by atoms with Crippen molar-refractivity contribution in [2.45, 2.75) is 4.90 Å². The number of fused-ring (bicyclic) bond motifs is 2. The second-order valence-electron chi connectivity index (χ2n) is 6.13. The van der Waals surface area contributed by atoms with Crippen molar-refractivity contribution in [3.63, 3.8) is 0 Å². The maximum Gasteiger partial charge on any atom is 1.00 e. The Labute approximate surface area is 230 Å². The van der Waals surface area contributed by atoms with E-state index in [9.17, 15) is 9.79 Å². The third-order valence-electron chi connectivity index (χ3n) is 4.46. The maximum absolute atomic E-state index is 11.5. The van der Waals surface area contributed by atoms with Crippen LogP contribution >= 0.6 is 32.0 Å². The van der Waals surface area contributed by atoms with Crippen LogP contribution in [-0.2, 0) is 4.52 Å². The summed E-state index contributed by atoms with van der Waals surface area (Å²) in [5.74, 6) is 0. The zero-order valence-corrected chi connectivity index (χ0v) is 23.3. The maximum atomic E-state index is 11.5. The van der Waals surface area contributed by atoms with E-state index in [1.54, 1.807) is 12.1 Å². The first kappa shape index (κ1) is 26.2. The Hall–Kier alpha value is -0.01000. The minimum absolute atomic E-state index is 0. The van der Waals surface area contributed by atoms with Crippen LogP contribution in [0.25, 0.3) is 5.57 Å². The van der Waals surface area contributed by atoms with Gasteiger partial charge in [0.25, 0.3) is 0 Å². The van der Waals surface area contributed by atoms with Crippen LogP contribution in [-0.4, -0.2) is 7.05 Å². The number of para-hydroxylation sites is 2. The molecular formula is C21H15ClNNa2O3PS. The first-order valence-electron chi connectivity index (χ1n) is 8.47. The molecule has 1 heterocycles. The van der Waals surface area contributed by atoms with Gasteiger partial charge in [-0.3, -0.25) is 0 Å². The van der Waals surface area contributed by atoms with E-state index in [1.807, 2.05) is 67.7 Å². The number of thioether (sulfide) groups is 1. The summed E-state index contributed by atoms with van der Waals surface area (Å²) in [7, 11) is -1.08. The van der Waals surface area contributed by atoms with Gasteiger partial charge in [-0.1, -0.05) is 68.4 Å². The second-order valence-corrected chi connectivity index (χ2v) is 8.24. The second kappa shape index (κ2) is 11.7. The van der Waals surface area contributed by atoms with E-state index < -0.39 is 8.60 Å². The fourth-order valence-electron chi connectivity index (χ4n) is 3.24. The van der Waals surface area contributed by atoms with Crippen LogP contribution in [0.5, 0.6) is 0 Å². The molecule has 9 heteroatoms. The molecule has 4 rings (SSSR count). The number of hydrogen-bond acceptors (Lipinski definition) is 5. The van der Waals surface area contributed by atoms with Gasteiger partial charge in [0, 0.05) is 45.0 Å². The molecule has 3 aromatic carbocycles. The Kier molecular flexibility index (Phi) is 10.3. The van der Waals surface area contributed by atoms with Crippen molar-refractivity contribution >= 4 is 48.9 Å². The summed E-state index contributed by atoms with van der Waals surface area (Å²) in [4.78, 5) is 26.0. The standard InChI is InChI=1S/C21H15ClNO3PS.2Na/c1-23-18-8-4-2-6-16(18)20(17-7-3-5-9-19(17)23)21(26-27(24)25)28-15-12-10-14(22)11-13-15;;/h2-13H,1H3;;/q-2;2*+1. The van der Waals surface area contributed by atoms with Crippen molar-refractivity contribution in [1.82, 2.24) is 0 Å². The third kappa shape index (κ3) is 5.67. The zero-order valence-electron chi connectivity index (χ0n) is 16.8. The smallest absolute Gasteiger partial charge is 0.810 e. The first-order valence-corrected chi connectivity index (χ1v) is 10.8. The topological polar surface area (TPSA) is 58.6 Å². The van der Waals surface area contributed by atoms with Crippen molar-refractivity contribution in [3.05, 3.63) is 94.0 Å². The fraction of sp³-hybridized carbons (Fsp3) is 0.0476. The largest absolute Gasteiger partial charge is 1.00 e. The van der Waals surface area contributed by atoms with E-state index in [0.29, 0.717) is 10.1 Å². The van der Waals surface area contributed by atoms with Crippen LogP contribution in [0.1, 0.15) is 11.1 Å². The van der Waals surface area contributed by atoms with Gasteiger partial charge >= 0.3 is 59.1 Å². The molecule has 1 aliphatic rings. The molecule has 0 aliphatic carbocycles. The Bertz CT molecular complexity index is 1000. The summed E-state index contributed by atoms with van der Waals surface area (Å²) in [6, 6.07) is 22.9. The Morgan fingerprint density at radius 1 is 0.867 bits per heavy atom. The predicted molar refractivity (Wildman–Crippen MR) is 112 cm³/mol. The predicted octanol–water partition coefficient (Wildman–Crippen LogP) is -1.10. The summed E-state index contributed by atoms with van der Waals surface area (Å²) in [6.07, 6.45) is 0. The molecule has 0 unspecified atom stereocenters. The van der Waals surface area contributed by atoms with Crippen molar-refractivity contribution in [2.24, 2.45) is 0 Å². The minimum Gasteiger partial charge on any atom is -0.810 e. The average molecular weight is 474 g/mol. The molecule has 0 saturated heterocycles. The van der Waals surface area contributed by atoms with Crippen LogP contribution < -0.4 is 73.8 Å². The van der Waals surface area contributed by atoms with Crippen LogP contribution in [0.3, 0.4) is 0 Å². The van der Waals surface area contributed by atoms with Crippen LogP contribution in [0, 0.1) is 0 Å². The van der Waals surface area contributed by atoms with Gasteiger partial charge in [-0.15, -0.1) is 0 Å². The van der Waals surface area contributed by atoms with E-state index in [4.69, 9.17) is 16.1 Å². The van der Waals surface area contributed by atoms with E-state index in [-0.39, 0.29) is 59.1 Å². The summed E-state index contributed by atoms with van der Waals surface area (Å²) in [6.45, 7) is 0. The normalized spacial score (nSPS) is 11.8. The molecule has 0 spiro atoms. The van der Waals surface area contributed by atoms with Gasteiger partial charge < -0.3 is 19.2 Å². The number of halogens is 1. The monoisotopic (exact) mass is 473 g/mol. The zero-order chi connectivity index (χ0) is 19.7. The van der Waals surface area contributed by atoms with E-state index in [0.717, 1.165) is 33.0 Å². The third-order valence-corrected chi connectivity index (χ3v) is 6.14. The van der Waals surface area contributed by atoms with Gasteiger partial charge in [0.1, 0.15) is 0 Å².